The molecule has 88 valence electrons. The molecule has 0 saturated heterocycles. The summed E-state index contributed by atoms with van der Waals surface area (Å²) in [4.78, 5) is 2.02. The molecule has 0 aliphatic carbocycles. The van der Waals surface area contributed by atoms with Gasteiger partial charge in [-0.1, -0.05) is 36.0 Å². The fourth-order valence-corrected chi connectivity index (χ4v) is 2.73. The molecule has 0 bridgehead atoms. The lowest BCUT2D eigenvalue weighted by molar-refractivity contribution is 0.624. The van der Waals surface area contributed by atoms with Crippen molar-refractivity contribution in [2.75, 3.05) is 0 Å². The van der Waals surface area contributed by atoms with Gasteiger partial charge in [-0.2, -0.15) is 0 Å². The molecule has 0 aliphatic heterocycles. The van der Waals surface area contributed by atoms with Crippen LogP contribution in [0.3, 0.4) is 0 Å². The lowest BCUT2D eigenvalue weighted by atomic mass is 10.1. The van der Waals surface area contributed by atoms with Crippen LogP contribution in [-0.2, 0) is 6.54 Å². The van der Waals surface area contributed by atoms with Gasteiger partial charge in [0.15, 0.2) is 0 Å². The van der Waals surface area contributed by atoms with Gasteiger partial charge in [-0.15, -0.1) is 0 Å². The highest BCUT2D eigenvalue weighted by Gasteiger charge is 2.06. The minimum absolute atomic E-state index is 0.210. The first-order chi connectivity index (χ1) is 8.20. The second-order valence-electron chi connectivity index (χ2n) is 3.83. The van der Waals surface area contributed by atoms with E-state index in [2.05, 4.69) is 0 Å². The van der Waals surface area contributed by atoms with Crippen LogP contribution in [0.5, 0.6) is 0 Å². The first kappa shape index (κ1) is 12.1. The van der Waals surface area contributed by atoms with Gasteiger partial charge in [0.1, 0.15) is 5.82 Å². The molecule has 3 heteroatoms. The molecule has 2 aromatic rings. The molecule has 0 atom stereocenters. The first-order valence-electron chi connectivity index (χ1n) is 5.42. The molecule has 0 aromatic heterocycles. The van der Waals surface area contributed by atoms with Gasteiger partial charge in [0, 0.05) is 16.3 Å². The average Bonchev–Trinajstić information content (AvgIpc) is 2.32. The average molecular weight is 247 g/mol. The maximum atomic E-state index is 13.1. The van der Waals surface area contributed by atoms with Crippen LogP contribution in [0.15, 0.2) is 52.3 Å². The zero-order valence-electron chi connectivity index (χ0n) is 9.61. The van der Waals surface area contributed by atoms with Crippen LogP contribution in [0.2, 0.25) is 0 Å². The van der Waals surface area contributed by atoms with Crippen molar-refractivity contribution in [3.05, 3.63) is 59.4 Å². The van der Waals surface area contributed by atoms with Crippen LogP contribution < -0.4 is 5.73 Å². The molecular formula is C14H14FNS. The summed E-state index contributed by atoms with van der Waals surface area (Å²) in [6.45, 7) is 2.54. The second-order valence-corrected chi connectivity index (χ2v) is 4.91. The third kappa shape index (κ3) is 2.87. The topological polar surface area (TPSA) is 26.0 Å². The molecule has 2 N–H and O–H groups in total. The van der Waals surface area contributed by atoms with E-state index in [1.165, 1.54) is 17.7 Å². The second kappa shape index (κ2) is 5.34. The maximum absolute atomic E-state index is 13.1. The summed E-state index contributed by atoms with van der Waals surface area (Å²) in [7, 11) is 0. The van der Waals surface area contributed by atoms with Crippen LogP contribution in [-0.4, -0.2) is 0 Å². The number of halogens is 1. The van der Waals surface area contributed by atoms with E-state index in [9.17, 15) is 4.39 Å². The third-order valence-electron chi connectivity index (χ3n) is 2.53. The Morgan fingerprint density at radius 3 is 2.65 bits per heavy atom. The van der Waals surface area contributed by atoms with Crippen molar-refractivity contribution in [1.82, 2.24) is 0 Å². The predicted molar refractivity (Wildman–Crippen MR) is 69.6 cm³/mol. The molecule has 0 aliphatic rings. The van der Waals surface area contributed by atoms with Crippen molar-refractivity contribution in [2.24, 2.45) is 5.73 Å². The van der Waals surface area contributed by atoms with E-state index in [1.807, 2.05) is 31.2 Å². The zero-order valence-corrected chi connectivity index (χ0v) is 10.4. The Bertz CT molecular complexity index is 525. The van der Waals surface area contributed by atoms with Gasteiger partial charge >= 0.3 is 0 Å². The summed E-state index contributed by atoms with van der Waals surface area (Å²) in [5, 5.41) is 0. The van der Waals surface area contributed by atoms with E-state index in [0.717, 1.165) is 15.4 Å². The molecule has 0 heterocycles. The monoisotopic (exact) mass is 247 g/mol. The van der Waals surface area contributed by atoms with Crippen molar-refractivity contribution in [3.63, 3.8) is 0 Å². The highest BCUT2D eigenvalue weighted by atomic mass is 32.2. The summed E-state index contributed by atoms with van der Waals surface area (Å²) in [5.74, 6) is -0.210. The SMILES string of the molecule is Cc1cccc(CN)c1Sc1cccc(F)c1. The molecular weight excluding hydrogens is 233 g/mol. The van der Waals surface area contributed by atoms with Crippen LogP contribution >= 0.6 is 11.8 Å². The molecule has 1 nitrogen and oxygen atoms in total. The van der Waals surface area contributed by atoms with E-state index >= 15 is 0 Å². The van der Waals surface area contributed by atoms with Crippen molar-refractivity contribution < 1.29 is 4.39 Å². The number of rotatable bonds is 3. The Balaban J connectivity index is 2.35. The Kier molecular flexibility index (Phi) is 3.82. The summed E-state index contributed by atoms with van der Waals surface area (Å²) in [6.07, 6.45) is 0. The van der Waals surface area contributed by atoms with E-state index in [-0.39, 0.29) is 5.82 Å². The Morgan fingerprint density at radius 2 is 1.94 bits per heavy atom. The summed E-state index contributed by atoms with van der Waals surface area (Å²) in [6, 6.07) is 12.7. The van der Waals surface area contributed by atoms with E-state index in [0.29, 0.717) is 6.54 Å². The molecule has 0 saturated carbocycles. The third-order valence-corrected chi connectivity index (χ3v) is 3.81. The Labute approximate surface area is 105 Å². The molecule has 2 aromatic carbocycles. The smallest absolute Gasteiger partial charge is 0.124 e. The van der Waals surface area contributed by atoms with Gasteiger partial charge in [-0.3, -0.25) is 0 Å². The van der Waals surface area contributed by atoms with Crippen molar-refractivity contribution in [3.8, 4) is 0 Å². The van der Waals surface area contributed by atoms with Gasteiger partial charge in [0.05, 0.1) is 0 Å². The van der Waals surface area contributed by atoms with Crippen LogP contribution in [0.4, 0.5) is 4.39 Å². The standard InChI is InChI=1S/C14H14FNS/c1-10-4-2-5-11(9-16)14(10)17-13-7-3-6-12(15)8-13/h2-8H,9,16H2,1H3. The van der Waals surface area contributed by atoms with Gasteiger partial charge in [0.25, 0.3) is 0 Å². The highest BCUT2D eigenvalue weighted by molar-refractivity contribution is 7.99. The lowest BCUT2D eigenvalue weighted by Gasteiger charge is -2.10. The Morgan fingerprint density at radius 1 is 1.18 bits per heavy atom. The first-order valence-corrected chi connectivity index (χ1v) is 6.24. The van der Waals surface area contributed by atoms with Gasteiger partial charge in [0.2, 0.25) is 0 Å². The van der Waals surface area contributed by atoms with Crippen LogP contribution in [0.1, 0.15) is 11.1 Å². The normalized spacial score (nSPS) is 10.5. The molecule has 0 spiro atoms. The van der Waals surface area contributed by atoms with E-state index < -0.39 is 0 Å². The number of benzene rings is 2. The van der Waals surface area contributed by atoms with E-state index in [1.54, 1.807) is 17.8 Å². The largest absolute Gasteiger partial charge is 0.326 e. The lowest BCUT2D eigenvalue weighted by Crippen LogP contribution is -1.99. The fourth-order valence-electron chi connectivity index (χ4n) is 1.67. The number of hydrogen-bond acceptors (Lipinski definition) is 2. The quantitative estimate of drug-likeness (QED) is 0.894. The number of hydrogen-bond donors (Lipinski definition) is 1. The predicted octanol–water partition coefficient (Wildman–Crippen LogP) is 3.74. The molecule has 17 heavy (non-hydrogen) atoms. The van der Waals surface area contributed by atoms with Gasteiger partial charge < -0.3 is 5.73 Å². The minimum Gasteiger partial charge on any atom is -0.326 e. The van der Waals surface area contributed by atoms with Crippen molar-refractivity contribution in [1.29, 1.82) is 0 Å². The molecule has 0 fully saturated rings. The number of nitrogens with two attached hydrogens (primary N) is 1. The maximum Gasteiger partial charge on any atom is 0.124 e. The molecule has 0 radical (unpaired) electrons. The van der Waals surface area contributed by atoms with Crippen molar-refractivity contribution >= 4 is 11.8 Å². The Hall–Kier alpha value is -1.32. The number of aryl methyl sites for hydroxylation is 1. The van der Waals surface area contributed by atoms with E-state index in [4.69, 9.17) is 5.73 Å². The van der Waals surface area contributed by atoms with Crippen LogP contribution in [0.25, 0.3) is 0 Å². The summed E-state index contributed by atoms with van der Waals surface area (Å²) in [5.41, 5.74) is 7.98. The molecule has 0 amide bonds. The molecule has 0 unspecified atom stereocenters. The van der Waals surface area contributed by atoms with Crippen molar-refractivity contribution in [2.45, 2.75) is 23.3 Å². The molecule has 2 rings (SSSR count). The van der Waals surface area contributed by atoms with Gasteiger partial charge in [-0.05, 0) is 36.2 Å². The van der Waals surface area contributed by atoms with Gasteiger partial charge in [-0.25, -0.2) is 4.39 Å². The summed E-state index contributed by atoms with van der Waals surface area (Å²) >= 11 is 1.56. The van der Waals surface area contributed by atoms with Crippen LogP contribution in [0, 0.1) is 12.7 Å². The minimum atomic E-state index is -0.210. The fraction of sp³-hybridized carbons (Fsp3) is 0.143. The zero-order chi connectivity index (χ0) is 12.3. The highest BCUT2D eigenvalue weighted by Crippen LogP contribution is 2.33. The summed E-state index contributed by atoms with van der Waals surface area (Å²) < 4.78 is 13.1.